The minimum atomic E-state index is -0.603. The molecule has 1 aliphatic carbocycles. The summed E-state index contributed by atoms with van der Waals surface area (Å²) in [7, 11) is -0.551. The Kier molecular flexibility index (Phi) is 4.84. The molecule has 0 saturated carbocycles. The van der Waals surface area contributed by atoms with E-state index < -0.39 is 36.1 Å². The monoisotopic (exact) mass is 377 g/mol. The molecular formula is C20H29BFNO4. The van der Waals surface area contributed by atoms with Gasteiger partial charge >= 0.3 is 13.2 Å². The van der Waals surface area contributed by atoms with Crippen LogP contribution in [0.15, 0.2) is 12.1 Å². The van der Waals surface area contributed by atoms with Crippen LogP contribution in [0.3, 0.4) is 0 Å². The first-order valence-electron chi connectivity index (χ1n) is 9.47. The van der Waals surface area contributed by atoms with Gasteiger partial charge in [-0.25, -0.2) is 9.18 Å². The summed E-state index contributed by atoms with van der Waals surface area (Å²) in [6.07, 6.45) is 0.718. The van der Waals surface area contributed by atoms with Gasteiger partial charge in [-0.1, -0.05) is 6.07 Å². The van der Waals surface area contributed by atoms with Crippen molar-refractivity contribution in [1.82, 2.24) is 5.32 Å². The molecular weight excluding hydrogens is 348 g/mol. The summed E-state index contributed by atoms with van der Waals surface area (Å²) >= 11 is 0. The molecule has 0 aromatic heterocycles. The fourth-order valence-electron chi connectivity index (χ4n) is 3.53. The van der Waals surface area contributed by atoms with E-state index in [1.54, 1.807) is 26.8 Å². The summed E-state index contributed by atoms with van der Waals surface area (Å²) in [6, 6.07) is 2.73. The third kappa shape index (κ3) is 3.85. The molecule has 0 bridgehead atoms. The van der Waals surface area contributed by atoms with E-state index in [0.717, 1.165) is 11.0 Å². The lowest BCUT2D eigenvalue weighted by molar-refractivity contribution is 0.00578. The number of halogens is 1. The first-order chi connectivity index (χ1) is 12.3. The molecule has 1 aromatic rings. The number of hydrogen-bond donors (Lipinski definition) is 1. The third-order valence-corrected chi connectivity index (χ3v) is 5.57. The van der Waals surface area contributed by atoms with Crippen molar-refractivity contribution in [3.8, 4) is 0 Å². The highest BCUT2D eigenvalue weighted by atomic mass is 19.1. The second-order valence-electron chi connectivity index (χ2n) is 9.35. The Morgan fingerprint density at radius 3 is 2.37 bits per heavy atom. The first kappa shape index (κ1) is 20.1. The average Bonchev–Trinajstić information content (AvgIpc) is 2.97. The second-order valence-corrected chi connectivity index (χ2v) is 9.35. The largest absolute Gasteiger partial charge is 0.495 e. The molecule has 148 valence electrons. The van der Waals surface area contributed by atoms with Crippen molar-refractivity contribution in [1.29, 1.82) is 0 Å². The number of rotatable bonds is 2. The van der Waals surface area contributed by atoms with Gasteiger partial charge in [0.25, 0.3) is 0 Å². The number of nitrogens with one attached hydrogen (secondary N) is 1. The SMILES string of the molecule is CC(C)(C)OC(=O)N[C@@H]1CCc2c(B3OC(C)(C)C(C)(C)O3)ccc(F)c21. The van der Waals surface area contributed by atoms with E-state index in [2.05, 4.69) is 5.32 Å². The van der Waals surface area contributed by atoms with E-state index in [0.29, 0.717) is 18.4 Å². The summed E-state index contributed by atoms with van der Waals surface area (Å²) in [5, 5.41) is 2.80. The quantitative estimate of drug-likeness (QED) is 0.800. The van der Waals surface area contributed by atoms with Gasteiger partial charge in [-0.15, -0.1) is 0 Å². The lowest BCUT2D eigenvalue weighted by Crippen LogP contribution is -2.41. The molecule has 1 aromatic carbocycles. The van der Waals surface area contributed by atoms with Crippen molar-refractivity contribution in [3.63, 3.8) is 0 Å². The molecule has 1 saturated heterocycles. The average molecular weight is 377 g/mol. The summed E-state index contributed by atoms with van der Waals surface area (Å²) in [6.45, 7) is 13.4. The second kappa shape index (κ2) is 6.48. The minimum Gasteiger partial charge on any atom is -0.444 e. The van der Waals surface area contributed by atoms with Crippen molar-refractivity contribution in [2.45, 2.75) is 84.2 Å². The fraction of sp³-hybridized carbons (Fsp3) is 0.650. The smallest absolute Gasteiger partial charge is 0.444 e. The van der Waals surface area contributed by atoms with Gasteiger partial charge in [-0.05, 0) is 78.4 Å². The molecule has 1 atom stereocenters. The van der Waals surface area contributed by atoms with Crippen LogP contribution in [0, 0.1) is 5.82 Å². The van der Waals surface area contributed by atoms with Gasteiger partial charge in [0.1, 0.15) is 11.4 Å². The molecule has 7 heteroatoms. The molecule has 1 amide bonds. The predicted molar refractivity (Wildman–Crippen MR) is 103 cm³/mol. The van der Waals surface area contributed by atoms with Crippen LogP contribution in [-0.4, -0.2) is 30.0 Å². The highest BCUT2D eigenvalue weighted by Gasteiger charge is 2.52. The fourth-order valence-corrected chi connectivity index (χ4v) is 3.53. The zero-order valence-corrected chi connectivity index (χ0v) is 17.2. The topological polar surface area (TPSA) is 56.8 Å². The van der Waals surface area contributed by atoms with Crippen molar-refractivity contribution in [3.05, 3.63) is 29.1 Å². The summed E-state index contributed by atoms with van der Waals surface area (Å²) in [5.74, 6) is -0.330. The van der Waals surface area contributed by atoms with Crippen LogP contribution in [-0.2, 0) is 20.5 Å². The molecule has 1 heterocycles. The molecule has 0 spiro atoms. The van der Waals surface area contributed by atoms with E-state index in [1.165, 1.54) is 6.07 Å². The van der Waals surface area contributed by atoms with Crippen LogP contribution < -0.4 is 10.8 Å². The van der Waals surface area contributed by atoms with Crippen LogP contribution in [0.2, 0.25) is 0 Å². The lowest BCUT2D eigenvalue weighted by Gasteiger charge is -2.32. The summed E-state index contributed by atoms with van der Waals surface area (Å²) in [5.41, 5.74) is 0.660. The molecule has 1 N–H and O–H groups in total. The molecule has 1 aliphatic heterocycles. The van der Waals surface area contributed by atoms with E-state index in [1.807, 2.05) is 27.7 Å². The third-order valence-electron chi connectivity index (χ3n) is 5.57. The van der Waals surface area contributed by atoms with Crippen LogP contribution in [0.5, 0.6) is 0 Å². The Morgan fingerprint density at radius 2 is 1.81 bits per heavy atom. The standard InChI is InChI=1S/C20H29BFNO4/c1-18(2,3)25-17(24)23-15-11-8-12-13(9-10-14(22)16(12)15)21-26-19(4,5)20(6,7)27-21/h9-10,15H,8,11H2,1-7H3,(H,23,24)/t15-/m1/s1. The van der Waals surface area contributed by atoms with Crippen molar-refractivity contribution in [2.24, 2.45) is 0 Å². The summed E-state index contributed by atoms with van der Waals surface area (Å²) in [4.78, 5) is 12.1. The Bertz CT molecular complexity index is 741. The number of ether oxygens (including phenoxy) is 1. The molecule has 1 fully saturated rings. The van der Waals surface area contributed by atoms with E-state index in [9.17, 15) is 9.18 Å². The van der Waals surface area contributed by atoms with Crippen LogP contribution in [0.1, 0.15) is 72.1 Å². The van der Waals surface area contributed by atoms with Gasteiger partial charge in [0.2, 0.25) is 0 Å². The number of amides is 1. The number of carbonyl (C=O) groups excluding carboxylic acids is 1. The highest BCUT2D eigenvalue weighted by Crippen LogP contribution is 2.39. The van der Waals surface area contributed by atoms with E-state index >= 15 is 0 Å². The zero-order valence-electron chi connectivity index (χ0n) is 17.2. The number of alkyl carbamates (subject to hydrolysis) is 1. The Balaban J connectivity index is 1.86. The Morgan fingerprint density at radius 1 is 1.22 bits per heavy atom. The number of hydrogen-bond acceptors (Lipinski definition) is 4. The maximum absolute atomic E-state index is 14.6. The van der Waals surface area contributed by atoms with Gasteiger partial charge in [0.05, 0.1) is 17.2 Å². The molecule has 0 radical (unpaired) electrons. The van der Waals surface area contributed by atoms with Crippen LogP contribution in [0.25, 0.3) is 0 Å². The van der Waals surface area contributed by atoms with Gasteiger partial charge in [-0.2, -0.15) is 0 Å². The zero-order chi connectivity index (χ0) is 20.2. The van der Waals surface area contributed by atoms with Gasteiger partial charge in [0, 0.05) is 5.56 Å². The van der Waals surface area contributed by atoms with E-state index in [-0.39, 0.29) is 5.82 Å². The number of carbonyl (C=O) groups is 1. The normalized spacial score (nSPS) is 23.3. The molecule has 3 rings (SSSR count). The Labute approximate surface area is 161 Å². The van der Waals surface area contributed by atoms with Crippen LogP contribution in [0.4, 0.5) is 9.18 Å². The minimum absolute atomic E-state index is 0.330. The molecule has 5 nitrogen and oxygen atoms in total. The lowest BCUT2D eigenvalue weighted by atomic mass is 9.75. The van der Waals surface area contributed by atoms with E-state index in [4.69, 9.17) is 14.0 Å². The highest BCUT2D eigenvalue weighted by molar-refractivity contribution is 6.62. The summed E-state index contributed by atoms with van der Waals surface area (Å²) < 4.78 is 32.2. The van der Waals surface area contributed by atoms with Crippen molar-refractivity contribution < 1.29 is 23.2 Å². The maximum atomic E-state index is 14.6. The van der Waals surface area contributed by atoms with Gasteiger partial charge < -0.3 is 19.4 Å². The van der Waals surface area contributed by atoms with Crippen molar-refractivity contribution in [2.75, 3.05) is 0 Å². The molecule has 27 heavy (non-hydrogen) atoms. The first-order valence-corrected chi connectivity index (χ1v) is 9.47. The van der Waals surface area contributed by atoms with Gasteiger partial charge in [0.15, 0.2) is 0 Å². The number of fused-ring (bicyclic) bond motifs is 1. The van der Waals surface area contributed by atoms with Gasteiger partial charge in [-0.3, -0.25) is 0 Å². The Hall–Kier alpha value is -1.60. The molecule has 2 aliphatic rings. The maximum Gasteiger partial charge on any atom is 0.495 e. The number of benzene rings is 1. The van der Waals surface area contributed by atoms with Crippen LogP contribution >= 0.6 is 0 Å². The predicted octanol–water partition coefficient (Wildman–Crippen LogP) is 3.64. The molecule has 0 unspecified atom stereocenters. The van der Waals surface area contributed by atoms with Crippen molar-refractivity contribution >= 4 is 18.7 Å².